The summed E-state index contributed by atoms with van der Waals surface area (Å²) in [5, 5.41) is 39.1. The topological polar surface area (TPSA) is 248 Å². The van der Waals surface area contributed by atoms with Gasteiger partial charge in [0.1, 0.15) is 24.6 Å². The van der Waals surface area contributed by atoms with E-state index in [4.69, 9.17) is 28.4 Å². The lowest BCUT2D eigenvalue weighted by atomic mass is 9.44. The second-order valence-corrected chi connectivity index (χ2v) is 15.3. The maximum Gasteiger partial charge on any atom is 0.513 e. The number of nitro benzene ring substituents is 1. The molecule has 0 aliphatic heterocycles. The average molecular weight is 820 g/mol. The summed E-state index contributed by atoms with van der Waals surface area (Å²) in [7, 11) is 0. The predicted molar refractivity (Wildman–Crippen MR) is 198 cm³/mol. The molecule has 3 fully saturated rings. The van der Waals surface area contributed by atoms with Crippen LogP contribution >= 0.6 is 0 Å². The van der Waals surface area contributed by atoms with E-state index in [9.17, 15) is 44.3 Å². The minimum atomic E-state index is -2.11. The van der Waals surface area contributed by atoms with Gasteiger partial charge in [-0.3, -0.25) is 19.7 Å². The Labute approximate surface area is 333 Å². The Morgan fingerprint density at radius 2 is 1.55 bits per heavy atom. The van der Waals surface area contributed by atoms with Crippen LogP contribution in [0.1, 0.15) is 46.5 Å². The number of non-ortho nitro benzene ring substituents is 1. The molecule has 318 valence electrons. The van der Waals surface area contributed by atoms with Crippen LogP contribution in [0.3, 0.4) is 0 Å². The van der Waals surface area contributed by atoms with Gasteiger partial charge in [-0.2, -0.15) is 0 Å². The molecule has 19 heteroatoms. The summed E-state index contributed by atoms with van der Waals surface area (Å²) in [4.78, 5) is 71.7. The van der Waals surface area contributed by atoms with E-state index in [-0.39, 0.29) is 76.4 Å². The van der Waals surface area contributed by atoms with E-state index in [1.807, 2.05) is 0 Å². The SMILES string of the molecule is CC1CC2C3CCC4=CC(=O)C=CC4(C)C3(F)C(O)CC2(C)C1(O)C(=O)COC(=O)NCCOCCOC(=O)NCCOCCOC(=O)Oc1ccc([N+](=O)[O-])cc1. The summed E-state index contributed by atoms with van der Waals surface area (Å²) in [6, 6.07) is 4.87. The van der Waals surface area contributed by atoms with Crippen molar-refractivity contribution in [1.82, 2.24) is 10.6 Å². The monoisotopic (exact) mass is 819 g/mol. The lowest BCUT2D eigenvalue weighted by molar-refractivity contribution is -0.384. The fourth-order valence-electron chi connectivity index (χ4n) is 9.28. The highest BCUT2D eigenvalue weighted by Gasteiger charge is 2.75. The van der Waals surface area contributed by atoms with E-state index in [1.165, 1.54) is 36.4 Å². The number of carbonyl (C=O) groups is 5. The molecule has 5 rings (SSSR count). The molecule has 0 spiro atoms. The van der Waals surface area contributed by atoms with Crippen LogP contribution < -0.4 is 15.4 Å². The number of aliphatic hydroxyl groups is 2. The minimum absolute atomic E-state index is 0.00278. The second-order valence-electron chi connectivity index (χ2n) is 15.3. The number of ether oxygens (including phenoxy) is 6. The van der Waals surface area contributed by atoms with Crippen LogP contribution in [-0.2, 0) is 33.3 Å². The minimum Gasteiger partial charge on any atom is -0.447 e. The summed E-state index contributed by atoms with van der Waals surface area (Å²) >= 11 is 0. The number of nitrogens with zero attached hydrogens (tertiary/aromatic N) is 1. The highest BCUT2D eigenvalue weighted by Crippen LogP contribution is 2.70. The number of hydrogen-bond donors (Lipinski definition) is 4. The van der Waals surface area contributed by atoms with E-state index in [2.05, 4.69) is 10.6 Å². The number of Topliss-reactive ketones (excluding diaryl/α,β-unsaturated/α-hetero) is 1. The summed E-state index contributed by atoms with van der Waals surface area (Å²) < 4.78 is 47.8. The van der Waals surface area contributed by atoms with Gasteiger partial charge in [0.15, 0.2) is 18.1 Å². The standard InChI is InChI=1S/C39H50FN3O15/c1-24-20-30-29-9-4-25-21-27(44)10-11-36(25,2)38(29,40)31(45)22-37(30,3)39(24,50)32(46)23-57-34(48)42-13-15-53-16-18-55-33(47)41-12-14-54-17-19-56-35(49)58-28-7-5-26(6-8-28)43(51)52/h5-8,10-11,21,24,29-31,45,50H,4,9,12-20,22-23H2,1-3H3,(H,41,47)(H,42,48). The lowest BCUT2D eigenvalue weighted by Crippen LogP contribution is -2.69. The van der Waals surface area contributed by atoms with Crippen LogP contribution in [0.5, 0.6) is 5.75 Å². The number of aliphatic hydroxyl groups excluding tert-OH is 1. The molecule has 1 aromatic carbocycles. The summed E-state index contributed by atoms with van der Waals surface area (Å²) in [6.45, 7) is 4.35. The summed E-state index contributed by atoms with van der Waals surface area (Å²) in [5.41, 5.74) is -6.03. The van der Waals surface area contributed by atoms with Crippen molar-refractivity contribution in [2.24, 2.45) is 28.6 Å². The first-order valence-electron chi connectivity index (χ1n) is 19.1. The van der Waals surface area contributed by atoms with E-state index in [0.29, 0.717) is 24.8 Å². The maximum absolute atomic E-state index is 17.4. The van der Waals surface area contributed by atoms with Crippen LogP contribution in [0.2, 0.25) is 0 Å². The third-order valence-corrected chi connectivity index (χ3v) is 12.2. The first-order chi connectivity index (χ1) is 27.5. The number of ketones is 2. The first kappa shape index (κ1) is 44.1. The lowest BCUT2D eigenvalue weighted by Gasteiger charge is -2.62. The van der Waals surface area contributed by atoms with Gasteiger partial charge in [0.05, 0.1) is 37.5 Å². The molecule has 3 saturated carbocycles. The van der Waals surface area contributed by atoms with Crippen LogP contribution in [0.4, 0.5) is 24.5 Å². The van der Waals surface area contributed by atoms with Crippen molar-refractivity contribution in [2.75, 3.05) is 59.3 Å². The maximum atomic E-state index is 17.4. The number of allylic oxidation sites excluding steroid dienone is 4. The predicted octanol–water partition coefficient (Wildman–Crippen LogP) is 3.51. The molecule has 4 aliphatic rings. The number of rotatable bonds is 17. The average Bonchev–Trinajstić information content (AvgIpc) is 3.38. The molecule has 4 aliphatic carbocycles. The van der Waals surface area contributed by atoms with Crippen LogP contribution in [0.15, 0.2) is 48.1 Å². The largest absolute Gasteiger partial charge is 0.513 e. The molecule has 0 heterocycles. The molecule has 4 N–H and O–H groups in total. The van der Waals surface area contributed by atoms with Crippen LogP contribution in [0, 0.1) is 38.7 Å². The number of hydrogen-bond acceptors (Lipinski definition) is 15. The molecule has 0 saturated heterocycles. The van der Waals surface area contributed by atoms with Gasteiger partial charge in [-0.25, -0.2) is 18.8 Å². The van der Waals surface area contributed by atoms with Crippen molar-refractivity contribution >= 4 is 35.6 Å². The van der Waals surface area contributed by atoms with Gasteiger partial charge >= 0.3 is 18.3 Å². The van der Waals surface area contributed by atoms with Gasteiger partial charge in [-0.15, -0.1) is 0 Å². The number of nitro groups is 1. The Morgan fingerprint density at radius 1 is 0.931 bits per heavy atom. The number of amides is 2. The smallest absolute Gasteiger partial charge is 0.447 e. The Bertz CT molecular complexity index is 1790. The molecule has 1 aromatic rings. The van der Waals surface area contributed by atoms with Gasteiger partial charge in [-0.1, -0.05) is 25.5 Å². The molecule has 8 atom stereocenters. The van der Waals surface area contributed by atoms with E-state index >= 15 is 4.39 Å². The van der Waals surface area contributed by atoms with Crippen molar-refractivity contribution in [3.63, 3.8) is 0 Å². The van der Waals surface area contributed by atoms with Crippen molar-refractivity contribution in [3.8, 4) is 5.75 Å². The number of fused-ring (bicyclic) bond motifs is 5. The normalized spacial score (nSPS) is 30.8. The van der Waals surface area contributed by atoms with Gasteiger partial charge in [0.2, 0.25) is 5.78 Å². The van der Waals surface area contributed by atoms with Crippen molar-refractivity contribution in [1.29, 1.82) is 0 Å². The highest BCUT2D eigenvalue weighted by molar-refractivity contribution is 6.01. The fourth-order valence-corrected chi connectivity index (χ4v) is 9.28. The zero-order valence-electron chi connectivity index (χ0n) is 32.6. The summed E-state index contributed by atoms with van der Waals surface area (Å²) in [5.74, 6) is -2.64. The van der Waals surface area contributed by atoms with Gasteiger partial charge in [0.25, 0.3) is 5.69 Å². The second kappa shape index (κ2) is 18.3. The van der Waals surface area contributed by atoms with Crippen LogP contribution in [-0.4, -0.2) is 122 Å². The summed E-state index contributed by atoms with van der Waals surface area (Å²) in [6.07, 6.45) is 1.06. The van der Waals surface area contributed by atoms with Gasteiger partial charge < -0.3 is 49.3 Å². The van der Waals surface area contributed by atoms with Crippen molar-refractivity contribution in [3.05, 3.63) is 58.2 Å². The van der Waals surface area contributed by atoms with Gasteiger partial charge in [-0.05, 0) is 68.7 Å². The van der Waals surface area contributed by atoms with E-state index < -0.39 is 81.6 Å². The van der Waals surface area contributed by atoms with Gasteiger partial charge in [0, 0.05) is 42.0 Å². The zero-order chi connectivity index (χ0) is 42.3. The highest BCUT2D eigenvalue weighted by atomic mass is 19.1. The Morgan fingerprint density at radius 3 is 2.19 bits per heavy atom. The third kappa shape index (κ3) is 8.86. The number of halogens is 1. The van der Waals surface area contributed by atoms with Crippen molar-refractivity contribution < 1.29 is 71.9 Å². The first-order valence-corrected chi connectivity index (χ1v) is 19.1. The fraction of sp³-hybridized carbons (Fsp3) is 0.615. The molecule has 18 nitrogen and oxygen atoms in total. The molecule has 58 heavy (non-hydrogen) atoms. The molecule has 0 bridgehead atoms. The number of benzene rings is 1. The third-order valence-electron chi connectivity index (χ3n) is 12.2. The van der Waals surface area contributed by atoms with Crippen LogP contribution in [0.25, 0.3) is 0 Å². The quantitative estimate of drug-likeness (QED) is 0.0439. The molecule has 0 aromatic heterocycles. The molecular formula is C39H50FN3O15. The van der Waals surface area contributed by atoms with Crippen molar-refractivity contribution in [2.45, 2.75) is 63.8 Å². The zero-order valence-corrected chi connectivity index (χ0v) is 32.6. The number of nitrogens with one attached hydrogen (secondary N) is 2. The van der Waals surface area contributed by atoms with E-state index in [0.717, 1.165) is 0 Å². The Kier molecular flexibility index (Phi) is 13.9. The number of alkyl carbamates (subject to hydrolysis) is 2. The molecule has 0 radical (unpaired) electrons. The Balaban J connectivity index is 0.920. The molecule has 2 amide bonds. The number of carbonyl (C=O) groups excluding carboxylic acids is 5. The Hall–Kier alpha value is -4.98. The number of alkyl halides is 1. The molecular weight excluding hydrogens is 769 g/mol. The molecule has 8 unspecified atom stereocenters. The van der Waals surface area contributed by atoms with E-state index in [1.54, 1.807) is 26.8 Å².